The van der Waals surface area contributed by atoms with Crippen molar-refractivity contribution < 1.29 is 26.4 Å². The number of hydrogen-bond donors (Lipinski definition) is 2. The van der Waals surface area contributed by atoms with Crippen molar-refractivity contribution in [3.05, 3.63) is 71.5 Å². The lowest BCUT2D eigenvalue weighted by Gasteiger charge is -2.11. The maximum Gasteiger partial charge on any atom is 0.435 e. The summed E-state index contributed by atoms with van der Waals surface area (Å²) in [7, 11) is -2.64. The number of benzene rings is 2. The van der Waals surface area contributed by atoms with Gasteiger partial charge in [0.1, 0.15) is 5.69 Å². The Bertz CT molecular complexity index is 1190. The highest BCUT2D eigenvalue weighted by Gasteiger charge is 2.35. The van der Waals surface area contributed by atoms with Gasteiger partial charge in [-0.2, -0.15) is 18.3 Å². The smallest absolute Gasteiger partial charge is 0.321 e. The van der Waals surface area contributed by atoms with E-state index in [0.29, 0.717) is 11.8 Å². The predicted molar refractivity (Wildman–Crippen MR) is 105 cm³/mol. The molecular weight excluding hydrogens is 421 g/mol. The van der Waals surface area contributed by atoms with Crippen LogP contribution in [0.25, 0.3) is 0 Å². The van der Waals surface area contributed by atoms with Crippen LogP contribution < -0.4 is 10.0 Å². The Morgan fingerprint density at radius 2 is 1.70 bits per heavy atom. The Labute approximate surface area is 170 Å². The largest absolute Gasteiger partial charge is 0.435 e. The fourth-order valence-corrected chi connectivity index (χ4v) is 3.75. The van der Waals surface area contributed by atoms with E-state index in [-0.39, 0.29) is 16.3 Å². The predicted octanol–water partition coefficient (Wildman–Crippen LogP) is 3.80. The summed E-state index contributed by atoms with van der Waals surface area (Å²) in [6.07, 6.45) is -4.67. The summed E-state index contributed by atoms with van der Waals surface area (Å²) in [5, 5.41) is 5.70. The fraction of sp³-hybridized carbons (Fsp3) is 0.158. The molecule has 2 N–H and O–H groups in total. The monoisotopic (exact) mass is 438 g/mol. The third-order valence-electron chi connectivity index (χ3n) is 4.21. The molecule has 0 saturated heterocycles. The van der Waals surface area contributed by atoms with E-state index in [0.717, 1.165) is 10.2 Å². The number of nitrogens with one attached hydrogen (secondary N) is 2. The second-order valence-corrected chi connectivity index (χ2v) is 8.12. The van der Waals surface area contributed by atoms with Crippen LogP contribution in [0, 0.1) is 6.92 Å². The summed E-state index contributed by atoms with van der Waals surface area (Å²) >= 11 is 0. The van der Waals surface area contributed by atoms with Gasteiger partial charge in [-0.1, -0.05) is 18.2 Å². The molecule has 0 unspecified atom stereocenters. The maximum absolute atomic E-state index is 12.7. The zero-order chi connectivity index (χ0) is 22.1. The standard InChI is InChI=1S/C19H17F3N4O3S/c1-12-5-3-4-6-15(12)25-30(28,29)14-9-7-13(8-10-14)23-18(27)16-11-17(19(20,21)22)24-26(16)2/h3-11,25H,1-2H3,(H,23,27). The lowest BCUT2D eigenvalue weighted by Crippen LogP contribution is -2.16. The molecular formula is C19H17F3N4O3S. The minimum Gasteiger partial charge on any atom is -0.321 e. The molecule has 30 heavy (non-hydrogen) atoms. The first-order valence-corrected chi connectivity index (χ1v) is 10.1. The van der Waals surface area contributed by atoms with Crippen molar-refractivity contribution in [2.24, 2.45) is 7.05 Å². The number of anilines is 2. The lowest BCUT2D eigenvalue weighted by atomic mass is 10.2. The van der Waals surface area contributed by atoms with Gasteiger partial charge in [-0.25, -0.2) is 8.42 Å². The van der Waals surface area contributed by atoms with E-state index in [2.05, 4.69) is 15.1 Å². The van der Waals surface area contributed by atoms with Gasteiger partial charge in [-0.3, -0.25) is 14.2 Å². The fourth-order valence-electron chi connectivity index (χ4n) is 2.62. The number of alkyl halides is 3. The molecule has 0 atom stereocenters. The van der Waals surface area contributed by atoms with Crippen molar-refractivity contribution in [2.45, 2.75) is 18.0 Å². The molecule has 0 aliphatic heterocycles. The van der Waals surface area contributed by atoms with Crippen LogP contribution in [0.4, 0.5) is 24.5 Å². The third kappa shape index (κ3) is 4.62. The molecule has 1 aromatic heterocycles. The highest BCUT2D eigenvalue weighted by molar-refractivity contribution is 7.92. The number of aryl methyl sites for hydroxylation is 2. The molecule has 0 saturated carbocycles. The van der Waals surface area contributed by atoms with Crippen LogP contribution in [0.3, 0.4) is 0 Å². The van der Waals surface area contributed by atoms with Gasteiger partial charge in [0.25, 0.3) is 15.9 Å². The number of halogens is 3. The first kappa shape index (κ1) is 21.4. The van der Waals surface area contributed by atoms with Gasteiger partial charge >= 0.3 is 6.18 Å². The van der Waals surface area contributed by atoms with Crippen LogP contribution in [0.15, 0.2) is 59.5 Å². The molecule has 0 bridgehead atoms. The number of nitrogens with zero attached hydrogens (tertiary/aromatic N) is 2. The zero-order valence-electron chi connectivity index (χ0n) is 15.9. The zero-order valence-corrected chi connectivity index (χ0v) is 16.7. The maximum atomic E-state index is 12.7. The Balaban J connectivity index is 1.75. The number of para-hydroxylation sites is 1. The van der Waals surface area contributed by atoms with E-state index in [1.165, 1.54) is 31.3 Å². The molecule has 0 aliphatic rings. The number of carbonyl (C=O) groups is 1. The van der Waals surface area contributed by atoms with Crippen molar-refractivity contribution in [1.82, 2.24) is 9.78 Å². The number of hydrogen-bond acceptors (Lipinski definition) is 4. The molecule has 0 fully saturated rings. The van der Waals surface area contributed by atoms with E-state index in [4.69, 9.17) is 0 Å². The first-order valence-electron chi connectivity index (χ1n) is 8.58. The molecule has 158 valence electrons. The molecule has 1 heterocycles. The quantitative estimate of drug-likeness (QED) is 0.634. The van der Waals surface area contributed by atoms with Gasteiger partial charge in [0, 0.05) is 18.8 Å². The Hall–Kier alpha value is -3.34. The molecule has 7 nitrogen and oxygen atoms in total. The van der Waals surface area contributed by atoms with Gasteiger partial charge in [-0.15, -0.1) is 0 Å². The van der Waals surface area contributed by atoms with Crippen LogP contribution in [0.5, 0.6) is 0 Å². The van der Waals surface area contributed by atoms with Gasteiger partial charge in [0.2, 0.25) is 0 Å². The van der Waals surface area contributed by atoms with E-state index in [1.807, 2.05) is 0 Å². The average Bonchev–Trinajstić information content (AvgIpc) is 3.06. The van der Waals surface area contributed by atoms with E-state index >= 15 is 0 Å². The molecule has 1 amide bonds. The third-order valence-corrected chi connectivity index (χ3v) is 5.60. The Kier molecular flexibility index (Phi) is 5.57. The molecule has 11 heteroatoms. The van der Waals surface area contributed by atoms with Crippen LogP contribution in [-0.2, 0) is 23.2 Å². The van der Waals surface area contributed by atoms with Crippen LogP contribution >= 0.6 is 0 Å². The average molecular weight is 438 g/mol. The number of rotatable bonds is 5. The molecule has 0 aliphatic carbocycles. The number of aromatic nitrogens is 2. The van der Waals surface area contributed by atoms with Gasteiger partial charge in [0.15, 0.2) is 5.69 Å². The molecule has 3 rings (SSSR count). The lowest BCUT2D eigenvalue weighted by molar-refractivity contribution is -0.141. The summed E-state index contributed by atoms with van der Waals surface area (Å²) in [6.45, 7) is 1.76. The van der Waals surface area contributed by atoms with Crippen molar-refractivity contribution in [1.29, 1.82) is 0 Å². The summed E-state index contributed by atoms with van der Waals surface area (Å²) in [5.74, 6) is -0.811. The van der Waals surface area contributed by atoms with E-state index in [9.17, 15) is 26.4 Å². The minimum atomic E-state index is -4.67. The molecule has 0 spiro atoms. The molecule has 3 aromatic rings. The minimum absolute atomic E-state index is 0.0383. The van der Waals surface area contributed by atoms with E-state index < -0.39 is 27.8 Å². The molecule has 0 radical (unpaired) electrons. The van der Waals surface area contributed by atoms with Crippen molar-refractivity contribution in [2.75, 3.05) is 10.0 Å². The van der Waals surface area contributed by atoms with Crippen molar-refractivity contribution in [3.63, 3.8) is 0 Å². The van der Waals surface area contributed by atoms with Gasteiger partial charge < -0.3 is 5.32 Å². The Morgan fingerprint density at radius 1 is 1.07 bits per heavy atom. The normalized spacial score (nSPS) is 11.9. The van der Waals surface area contributed by atoms with Gasteiger partial charge in [-0.05, 0) is 42.8 Å². The molecule has 2 aromatic carbocycles. The summed E-state index contributed by atoms with van der Waals surface area (Å²) in [4.78, 5) is 12.2. The summed E-state index contributed by atoms with van der Waals surface area (Å²) in [6, 6.07) is 12.7. The highest BCUT2D eigenvalue weighted by atomic mass is 32.2. The Morgan fingerprint density at radius 3 is 2.27 bits per heavy atom. The van der Waals surface area contributed by atoms with Crippen LogP contribution in [0.1, 0.15) is 21.7 Å². The SMILES string of the molecule is Cc1ccccc1NS(=O)(=O)c1ccc(NC(=O)c2cc(C(F)(F)F)nn2C)cc1. The highest BCUT2D eigenvalue weighted by Crippen LogP contribution is 2.28. The first-order chi connectivity index (χ1) is 14.0. The second-order valence-electron chi connectivity index (χ2n) is 6.44. The second kappa shape index (κ2) is 7.82. The van der Waals surface area contributed by atoms with Crippen LogP contribution in [0.2, 0.25) is 0 Å². The van der Waals surface area contributed by atoms with Gasteiger partial charge in [0.05, 0.1) is 10.6 Å². The summed E-state index contributed by atoms with van der Waals surface area (Å²) < 4.78 is 66.6. The topological polar surface area (TPSA) is 93.1 Å². The van der Waals surface area contributed by atoms with Crippen LogP contribution in [-0.4, -0.2) is 24.1 Å². The number of sulfonamides is 1. The number of carbonyl (C=O) groups excluding carboxylic acids is 1. The van der Waals surface area contributed by atoms with Crippen molar-refractivity contribution in [3.8, 4) is 0 Å². The van der Waals surface area contributed by atoms with E-state index in [1.54, 1.807) is 31.2 Å². The van der Waals surface area contributed by atoms with Crippen molar-refractivity contribution >= 4 is 27.3 Å². The number of amides is 1. The summed E-state index contributed by atoms with van der Waals surface area (Å²) in [5.41, 5.74) is -0.0744.